The van der Waals surface area contributed by atoms with E-state index in [-0.39, 0.29) is 0 Å². The van der Waals surface area contributed by atoms with Crippen LogP contribution in [0.4, 0.5) is 0 Å². The van der Waals surface area contributed by atoms with E-state index >= 15 is 0 Å². The molecule has 1 N–H and O–H groups in total. The molecular formula is C22H34N2O. The van der Waals surface area contributed by atoms with E-state index in [9.17, 15) is 4.79 Å². The third-order valence-corrected chi connectivity index (χ3v) is 6.52. The molecule has 25 heavy (non-hydrogen) atoms. The second kappa shape index (κ2) is 8.84. The van der Waals surface area contributed by atoms with Crippen LogP contribution in [-0.4, -0.2) is 37.0 Å². The number of carbonyl (C=O) groups excluding carboxylic acids is 1. The summed E-state index contributed by atoms with van der Waals surface area (Å²) in [6, 6.07) is 10.9. The van der Waals surface area contributed by atoms with Crippen LogP contribution in [0.25, 0.3) is 0 Å². The summed E-state index contributed by atoms with van der Waals surface area (Å²) in [6.45, 7) is 8.64. The summed E-state index contributed by atoms with van der Waals surface area (Å²) < 4.78 is 0. The van der Waals surface area contributed by atoms with E-state index < -0.39 is 0 Å². The number of hydrogen-bond acceptors (Lipinski definition) is 2. The van der Waals surface area contributed by atoms with Gasteiger partial charge in [0, 0.05) is 19.5 Å². The summed E-state index contributed by atoms with van der Waals surface area (Å²) in [5.41, 5.74) is 1.45. The van der Waals surface area contributed by atoms with Crippen LogP contribution < -0.4 is 5.32 Å². The van der Waals surface area contributed by atoms with Gasteiger partial charge in [0.2, 0.25) is 5.91 Å². The first kappa shape index (κ1) is 18.4. The molecule has 1 aromatic carbocycles. The van der Waals surface area contributed by atoms with Gasteiger partial charge in [-0.1, -0.05) is 50.6 Å². The molecule has 1 amide bonds. The highest BCUT2D eigenvalue weighted by atomic mass is 16.2. The second-order valence-electron chi connectivity index (χ2n) is 8.08. The van der Waals surface area contributed by atoms with Crippen molar-refractivity contribution < 1.29 is 4.79 Å². The van der Waals surface area contributed by atoms with Crippen molar-refractivity contribution in [1.82, 2.24) is 10.2 Å². The zero-order valence-electron chi connectivity index (χ0n) is 15.9. The molecule has 2 aliphatic rings. The Hall–Kier alpha value is -1.35. The quantitative estimate of drug-likeness (QED) is 0.875. The van der Waals surface area contributed by atoms with Crippen molar-refractivity contribution >= 4 is 5.91 Å². The molecule has 0 spiro atoms. The lowest BCUT2D eigenvalue weighted by Gasteiger charge is -2.39. The number of rotatable bonds is 5. The molecule has 2 heterocycles. The minimum Gasteiger partial charge on any atom is -0.342 e. The van der Waals surface area contributed by atoms with Crippen molar-refractivity contribution in [2.24, 2.45) is 17.8 Å². The highest BCUT2D eigenvalue weighted by Gasteiger charge is 2.32. The van der Waals surface area contributed by atoms with Crippen LogP contribution in [0.5, 0.6) is 0 Å². The SMILES string of the molecule is CCC1CN(C(=O)CC(C)C2CCNCC2)CCC1c1ccccc1. The van der Waals surface area contributed by atoms with Gasteiger partial charge in [-0.3, -0.25) is 4.79 Å². The fourth-order valence-corrected chi connectivity index (χ4v) is 4.80. The van der Waals surface area contributed by atoms with Crippen molar-refractivity contribution in [2.45, 2.75) is 51.9 Å². The molecule has 3 unspecified atom stereocenters. The highest BCUT2D eigenvalue weighted by molar-refractivity contribution is 5.76. The average Bonchev–Trinajstić information content (AvgIpc) is 2.68. The van der Waals surface area contributed by atoms with Crippen LogP contribution in [0.2, 0.25) is 0 Å². The molecule has 3 rings (SSSR count). The van der Waals surface area contributed by atoms with Gasteiger partial charge in [0.05, 0.1) is 0 Å². The Balaban J connectivity index is 1.56. The van der Waals surface area contributed by atoms with Crippen molar-refractivity contribution in [2.75, 3.05) is 26.2 Å². The largest absolute Gasteiger partial charge is 0.342 e. The number of nitrogens with zero attached hydrogens (tertiary/aromatic N) is 1. The van der Waals surface area contributed by atoms with Crippen LogP contribution in [0.3, 0.4) is 0 Å². The van der Waals surface area contributed by atoms with E-state index in [2.05, 4.69) is 54.4 Å². The van der Waals surface area contributed by atoms with Gasteiger partial charge >= 0.3 is 0 Å². The van der Waals surface area contributed by atoms with E-state index in [1.165, 1.54) is 18.4 Å². The van der Waals surface area contributed by atoms with Crippen molar-refractivity contribution in [3.63, 3.8) is 0 Å². The Morgan fingerprint density at radius 1 is 1.20 bits per heavy atom. The highest BCUT2D eigenvalue weighted by Crippen LogP contribution is 2.35. The van der Waals surface area contributed by atoms with E-state index in [1.54, 1.807) is 0 Å². The molecule has 2 fully saturated rings. The van der Waals surface area contributed by atoms with Crippen LogP contribution >= 0.6 is 0 Å². The third-order valence-electron chi connectivity index (χ3n) is 6.52. The number of piperidine rings is 2. The smallest absolute Gasteiger partial charge is 0.222 e. The lowest BCUT2D eigenvalue weighted by atomic mass is 9.78. The van der Waals surface area contributed by atoms with Crippen LogP contribution in [0, 0.1) is 17.8 Å². The first-order chi connectivity index (χ1) is 12.2. The monoisotopic (exact) mass is 342 g/mol. The van der Waals surface area contributed by atoms with Crippen molar-refractivity contribution in [3.05, 3.63) is 35.9 Å². The third kappa shape index (κ3) is 4.63. The summed E-state index contributed by atoms with van der Waals surface area (Å²) in [5, 5.41) is 3.42. The summed E-state index contributed by atoms with van der Waals surface area (Å²) in [6.07, 6.45) is 5.44. The normalized spacial score (nSPS) is 26.4. The van der Waals surface area contributed by atoms with Gasteiger partial charge in [-0.15, -0.1) is 0 Å². The minimum absolute atomic E-state index is 0.385. The molecule has 138 valence electrons. The maximum Gasteiger partial charge on any atom is 0.222 e. The van der Waals surface area contributed by atoms with Gasteiger partial charge in [0.15, 0.2) is 0 Å². The Morgan fingerprint density at radius 3 is 2.60 bits per heavy atom. The fourth-order valence-electron chi connectivity index (χ4n) is 4.80. The van der Waals surface area contributed by atoms with Gasteiger partial charge in [0.25, 0.3) is 0 Å². The van der Waals surface area contributed by atoms with E-state index in [0.717, 1.165) is 45.4 Å². The molecule has 3 atom stereocenters. The first-order valence-electron chi connectivity index (χ1n) is 10.2. The van der Waals surface area contributed by atoms with E-state index in [1.807, 2.05) is 0 Å². The zero-order chi connectivity index (χ0) is 17.6. The zero-order valence-corrected chi connectivity index (χ0v) is 15.9. The molecule has 2 aliphatic heterocycles. The molecule has 3 nitrogen and oxygen atoms in total. The van der Waals surface area contributed by atoms with Crippen LogP contribution in [0.1, 0.15) is 57.4 Å². The van der Waals surface area contributed by atoms with Crippen molar-refractivity contribution in [1.29, 1.82) is 0 Å². The molecule has 2 saturated heterocycles. The van der Waals surface area contributed by atoms with Crippen molar-refractivity contribution in [3.8, 4) is 0 Å². The van der Waals surface area contributed by atoms with Gasteiger partial charge in [-0.05, 0) is 61.6 Å². The Labute approximate surface area is 153 Å². The molecule has 0 aliphatic carbocycles. The molecule has 0 radical (unpaired) electrons. The maximum absolute atomic E-state index is 12.9. The number of likely N-dealkylation sites (tertiary alicyclic amines) is 1. The lowest BCUT2D eigenvalue weighted by Crippen LogP contribution is -2.44. The summed E-state index contributed by atoms with van der Waals surface area (Å²) in [5.74, 6) is 2.82. The van der Waals surface area contributed by atoms with Gasteiger partial charge in [0.1, 0.15) is 0 Å². The molecule has 0 aromatic heterocycles. The standard InChI is InChI=1S/C22H34N2O/c1-3-18-16-24(14-11-21(18)20-7-5-4-6-8-20)22(25)15-17(2)19-9-12-23-13-10-19/h4-8,17-19,21,23H,3,9-16H2,1-2H3. The average molecular weight is 343 g/mol. The Bertz CT molecular complexity index is 538. The molecule has 0 bridgehead atoms. The summed E-state index contributed by atoms with van der Waals surface area (Å²) >= 11 is 0. The summed E-state index contributed by atoms with van der Waals surface area (Å²) in [4.78, 5) is 15.0. The number of amides is 1. The molecule has 0 saturated carbocycles. The first-order valence-corrected chi connectivity index (χ1v) is 10.2. The van der Waals surface area contributed by atoms with E-state index in [4.69, 9.17) is 0 Å². The van der Waals surface area contributed by atoms with Crippen LogP contribution in [0.15, 0.2) is 30.3 Å². The van der Waals surface area contributed by atoms with Crippen LogP contribution in [-0.2, 0) is 4.79 Å². The topological polar surface area (TPSA) is 32.3 Å². The predicted octanol–water partition coefficient (Wildman–Crippen LogP) is 4.05. The number of hydrogen-bond donors (Lipinski definition) is 1. The second-order valence-corrected chi connectivity index (χ2v) is 8.08. The van der Waals surface area contributed by atoms with Gasteiger partial charge in [-0.2, -0.15) is 0 Å². The lowest BCUT2D eigenvalue weighted by molar-refractivity contribution is -0.134. The predicted molar refractivity (Wildman–Crippen MR) is 104 cm³/mol. The number of carbonyl (C=O) groups is 1. The van der Waals surface area contributed by atoms with Gasteiger partial charge in [-0.25, -0.2) is 0 Å². The molecule has 1 aromatic rings. The molecule has 3 heteroatoms. The summed E-state index contributed by atoms with van der Waals surface area (Å²) in [7, 11) is 0. The molecular weight excluding hydrogens is 308 g/mol. The number of nitrogens with one attached hydrogen (secondary N) is 1. The minimum atomic E-state index is 0.385. The van der Waals surface area contributed by atoms with Gasteiger partial charge < -0.3 is 10.2 Å². The Morgan fingerprint density at radius 2 is 1.92 bits per heavy atom. The fraction of sp³-hybridized carbons (Fsp3) is 0.682. The maximum atomic E-state index is 12.9. The Kier molecular flexibility index (Phi) is 6.52. The number of benzene rings is 1. The van der Waals surface area contributed by atoms with E-state index in [0.29, 0.717) is 29.6 Å².